The minimum absolute atomic E-state index is 0.0350. The highest BCUT2D eigenvalue weighted by Crippen LogP contribution is 2.39. The van der Waals surface area contributed by atoms with Crippen molar-refractivity contribution in [3.8, 4) is 11.8 Å². The minimum atomic E-state index is -0.715. The van der Waals surface area contributed by atoms with Crippen LogP contribution in [0.1, 0.15) is 42.6 Å². The maximum Gasteiger partial charge on any atom is 0.126 e. The van der Waals surface area contributed by atoms with Crippen LogP contribution in [-0.2, 0) is 0 Å². The van der Waals surface area contributed by atoms with Gasteiger partial charge < -0.3 is 19.8 Å². The van der Waals surface area contributed by atoms with E-state index >= 15 is 0 Å². The average molecular weight is 540 g/mol. The van der Waals surface area contributed by atoms with Crippen LogP contribution in [0.2, 0.25) is 10.0 Å². The molecule has 1 aliphatic heterocycles. The number of hydrogen-bond donors (Lipinski definition) is 2. The molecule has 6 nitrogen and oxygen atoms in total. The normalized spacial score (nSPS) is 17.3. The van der Waals surface area contributed by atoms with E-state index in [1.807, 2.05) is 62.4 Å². The van der Waals surface area contributed by atoms with Gasteiger partial charge in [0.05, 0.1) is 47.6 Å². The molecule has 0 saturated carbocycles. The highest BCUT2D eigenvalue weighted by atomic mass is 35.5. The lowest BCUT2D eigenvalue weighted by atomic mass is 9.97. The summed E-state index contributed by atoms with van der Waals surface area (Å²) >= 11 is 13.0. The molecule has 1 fully saturated rings. The predicted octanol–water partition coefficient (Wildman–Crippen LogP) is 5.61. The second-order valence-electron chi connectivity index (χ2n) is 9.82. The Morgan fingerprint density at radius 2 is 1.73 bits per heavy atom. The summed E-state index contributed by atoms with van der Waals surface area (Å²) in [6, 6.07) is 22.7. The van der Waals surface area contributed by atoms with Crippen molar-refractivity contribution in [2.24, 2.45) is 0 Å². The second kappa shape index (κ2) is 11.7. The molecule has 2 N–H and O–H groups in total. The third kappa shape index (κ3) is 6.38. The van der Waals surface area contributed by atoms with E-state index < -0.39 is 5.60 Å². The van der Waals surface area contributed by atoms with Crippen molar-refractivity contribution in [1.82, 2.24) is 4.90 Å². The predicted molar refractivity (Wildman–Crippen MR) is 147 cm³/mol. The van der Waals surface area contributed by atoms with Crippen LogP contribution in [0, 0.1) is 11.3 Å². The molecule has 1 aliphatic rings. The van der Waals surface area contributed by atoms with Gasteiger partial charge in [-0.05, 0) is 61.4 Å². The molecule has 3 aromatic carbocycles. The molecule has 2 atom stereocenters. The zero-order valence-electron chi connectivity index (χ0n) is 20.9. The van der Waals surface area contributed by atoms with Gasteiger partial charge in [-0.2, -0.15) is 5.26 Å². The molecule has 0 aromatic heterocycles. The van der Waals surface area contributed by atoms with E-state index in [0.717, 1.165) is 16.8 Å². The molecule has 8 heteroatoms. The number of aliphatic hydroxyl groups excluding tert-OH is 2. The number of rotatable bonds is 8. The Labute approximate surface area is 228 Å². The Bertz CT molecular complexity index is 1240. The second-order valence-corrected chi connectivity index (χ2v) is 10.7. The summed E-state index contributed by atoms with van der Waals surface area (Å²) in [7, 11) is 0. The first-order valence-corrected chi connectivity index (χ1v) is 13.0. The standard InChI is InChI=1S/C29H31Cl2N3O3/c1-29(2,19-36)37-24-11-12-26(25(31)15-24)34-14-13-33(17-27(34)21-7-9-23(30)10-8-21)28(18-35)22-5-3-20(16-32)4-6-22/h3-12,15,27-28,35-36H,13-14,17-19H2,1-2H3/t27-,28-/m0/s1. The highest BCUT2D eigenvalue weighted by molar-refractivity contribution is 6.33. The van der Waals surface area contributed by atoms with Crippen LogP contribution < -0.4 is 9.64 Å². The summed E-state index contributed by atoms with van der Waals surface area (Å²) in [5.74, 6) is 0.593. The van der Waals surface area contributed by atoms with Crippen molar-refractivity contribution in [1.29, 1.82) is 5.26 Å². The van der Waals surface area contributed by atoms with Crippen molar-refractivity contribution < 1.29 is 14.9 Å². The molecule has 194 valence electrons. The van der Waals surface area contributed by atoms with Crippen molar-refractivity contribution in [2.45, 2.75) is 31.5 Å². The summed E-state index contributed by atoms with van der Waals surface area (Å²) in [5, 5.41) is 30.3. The van der Waals surface area contributed by atoms with Gasteiger partial charge in [-0.25, -0.2) is 0 Å². The van der Waals surface area contributed by atoms with Crippen LogP contribution in [0.3, 0.4) is 0 Å². The molecule has 0 spiro atoms. The molecule has 4 rings (SSSR count). The van der Waals surface area contributed by atoms with Crippen LogP contribution in [0.15, 0.2) is 66.7 Å². The monoisotopic (exact) mass is 539 g/mol. The lowest BCUT2D eigenvalue weighted by molar-refractivity contribution is 0.0412. The van der Waals surface area contributed by atoms with E-state index in [9.17, 15) is 10.2 Å². The number of ether oxygens (including phenoxy) is 1. The Hall–Kier alpha value is -2.79. The lowest BCUT2D eigenvalue weighted by Gasteiger charge is -2.46. The van der Waals surface area contributed by atoms with Crippen LogP contribution in [0.4, 0.5) is 5.69 Å². The van der Waals surface area contributed by atoms with E-state index in [2.05, 4.69) is 15.9 Å². The van der Waals surface area contributed by atoms with Gasteiger partial charge in [0.25, 0.3) is 0 Å². The number of nitrogens with zero attached hydrogens (tertiary/aromatic N) is 3. The number of benzene rings is 3. The quantitative estimate of drug-likeness (QED) is 0.387. The van der Waals surface area contributed by atoms with Crippen LogP contribution in [0.5, 0.6) is 5.75 Å². The maximum absolute atomic E-state index is 10.3. The molecule has 0 radical (unpaired) electrons. The first-order valence-electron chi connectivity index (χ1n) is 12.2. The zero-order chi connectivity index (χ0) is 26.6. The van der Waals surface area contributed by atoms with Crippen LogP contribution >= 0.6 is 23.2 Å². The van der Waals surface area contributed by atoms with Gasteiger partial charge in [0.15, 0.2) is 0 Å². The Morgan fingerprint density at radius 3 is 2.32 bits per heavy atom. The highest BCUT2D eigenvalue weighted by Gasteiger charge is 2.33. The fourth-order valence-corrected chi connectivity index (χ4v) is 5.10. The molecule has 0 unspecified atom stereocenters. The molecule has 3 aromatic rings. The lowest BCUT2D eigenvalue weighted by Crippen LogP contribution is -2.50. The summed E-state index contributed by atoms with van der Waals surface area (Å²) in [6.07, 6.45) is 0. The number of halogens is 2. The molecule has 1 saturated heterocycles. The summed E-state index contributed by atoms with van der Waals surface area (Å²) in [5.41, 5.74) is 2.81. The Balaban J connectivity index is 1.64. The van der Waals surface area contributed by atoms with Crippen LogP contribution in [0.25, 0.3) is 0 Å². The third-order valence-electron chi connectivity index (χ3n) is 6.71. The van der Waals surface area contributed by atoms with E-state index in [1.54, 1.807) is 18.2 Å². The van der Waals surface area contributed by atoms with E-state index in [0.29, 0.717) is 41.0 Å². The van der Waals surface area contributed by atoms with Crippen LogP contribution in [-0.4, -0.2) is 53.6 Å². The number of aliphatic hydroxyl groups is 2. The number of nitriles is 1. The van der Waals surface area contributed by atoms with E-state index in [1.165, 1.54) is 0 Å². The van der Waals surface area contributed by atoms with Gasteiger partial charge in [-0.15, -0.1) is 0 Å². The summed E-state index contributed by atoms with van der Waals surface area (Å²) < 4.78 is 5.90. The molecule has 0 bridgehead atoms. The number of anilines is 1. The van der Waals surface area contributed by atoms with Gasteiger partial charge in [-0.3, -0.25) is 4.90 Å². The Morgan fingerprint density at radius 1 is 1.03 bits per heavy atom. The molecular formula is C29H31Cl2N3O3. The smallest absolute Gasteiger partial charge is 0.126 e. The fraction of sp³-hybridized carbons (Fsp3) is 0.345. The molecule has 1 heterocycles. The Kier molecular flexibility index (Phi) is 8.63. The van der Waals surface area contributed by atoms with Crippen molar-refractivity contribution in [3.63, 3.8) is 0 Å². The van der Waals surface area contributed by atoms with E-state index in [-0.39, 0.29) is 25.3 Å². The first kappa shape index (κ1) is 27.3. The zero-order valence-corrected chi connectivity index (χ0v) is 22.5. The average Bonchev–Trinajstić information content (AvgIpc) is 2.90. The van der Waals surface area contributed by atoms with Gasteiger partial charge in [0.2, 0.25) is 0 Å². The van der Waals surface area contributed by atoms with Gasteiger partial charge >= 0.3 is 0 Å². The molecule has 0 aliphatic carbocycles. The van der Waals surface area contributed by atoms with Gasteiger partial charge in [-0.1, -0.05) is 47.5 Å². The number of piperazine rings is 1. The van der Waals surface area contributed by atoms with Crippen molar-refractivity contribution in [3.05, 3.63) is 93.5 Å². The van der Waals surface area contributed by atoms with Crippen molar-refractivity contribution >= 4 is 28.9 Å². The van der Waals surface area contributed by atoms with Crippen molar-refractivity contribution in [2.75, 3.05) is 37.7 Å². The SMILES string of the molecule is CC(C)(CO)Oc1ccc(N2CCN([C@@H](CO)c3ccc(C#N)cc3)C[C@H]2c2ccc(Cl)cc2)c(Cl)c1. The number of hydrogen-bond acceptors (Lipinski definition) is 6. The largest absolute Gasteiger partial charge is 0.485 e. The molecular weight excluding hydrogens is 509 g/mol. The maximum atomic E-state index is 10.3. The molecule has 0 amide bonds. The summed E-state index contributed by atoms with van der Waals surface area (Å²) in [6.45, 7) is 5.53. The fourth-order valence-electron chi connectivity index (χ4n) is 4.69. The van der Waals surface area contributed by atoms with Gasteiger partial charge in [0.1, 0.15) is 11.4 Å². The summed E-state index contributed by atoms with van der Waals surface area (Å²) in [4.78, 5) is 4.54. The first-order chi connectivity index (χ1) is 17.7. The molecule has 37 heavy (non-hydrogen) atoms. The van der Waals surface area contributed by atoms with E-state index in [4.69, 9.17) is 33.2 Å². The topological polar surface area (TPSA) is 80.0 Å². The third-order valence-corrected chi connectivity index (χ3v) is 7.26. The minimum Gasteiger partial charge on any atom is -0.485 e. The van der Waals surface area contributed by atoms with Gasteiger partial charge in [0, 0.05) is 30.7 Å².